The number of aryl methyl sites for hydroxylation is 2. The van der Waals surface area contributed by atoms with Crippen LogP contribution in [-0.2, 0) is 14.6 Å². The number of sulfone groups is 1. The molecule has 2 heterocycles. The Balaban J connectivity index is 1.35. The van der Waals surface area contributed by atoms with Crippen molar-refractivity contribution in [3.63, 3.8) is 0 Å². The third-order valence-electron chi connectivity index (χ3n) is 5.18. The Bertz CT molecular complexity index is 1380. The van der Waals surface area contributed by atoms with Crippen LogP contribution in [-0.4, -0.2) is 54.9 Å². The van der Waals surface area contributed by atoms with Crippen LogP contribution in [0, 0.1) is 19.3 Å². The Morgan fingerprint density at radius 1 is 1.09 bits per heavy atom. The number of hydrogen-bond acceptors (Lipinski definition) is 8. The van der Waals surface area contributed by atoms with Crippen LogP contribution in [0.2, 0.25) is 0 Å². The minimum absolute atomic E-state index is 0.0233. The minimum Gasteiger partial charge on any atom is -0.493 e. The molecule has 2 aromatic rings. The number of rotatable bonds is 7. The lowest BCUT2D eigenvalue weighted by Crippen LogP contribution is -2.45. The molecule has 1 N–H and O–H groups in total. The number of amidine groups is 3. The Morgan fingerprint density at radius 2 is 1.80 bits per heavy atom. The third kappa shape index (κ3) is 5.63. The highest BCUT2D eigenvalue weighted by Crippen LogP contribution is 2.30. The first-order chi connectivity index (χ1) is 16.6. The molecule has 0 saturated heterocycles. The van der Waals surface area contributed by atoms with Crippen LogP contribution in [0.25, 0.3) is 6.08 Å². The van der Waals surface area contributed by atoms with E-state index >= 15 is 0 Å². The first-order valence-electron chi connectivity index (χ1n) is 10.8. The lowest BCUT2D eigenvalue weighted by atomic mass is 10.1. The summed E-state index contributed by atoms with van der Waals surface area (Å²) in [7, 11) is -3.69. The van der Waals surface area contributed by atoms with Crippen LogP contribution >= 0.6 is 11.9 Å². The van der Waals surface area contributed by atoms with Crippen molar-refractivity contribution in [3.8, 4) is 11.5 Å². The van der Waals surface area contributed by atoms with Crippen molar-refractivity contribution in [3.05, 3.63) is 64.7 Å². The molecule has 0 saturated carbocycles. The average molecular weight is 513 g/mol. The Hall–Kier alpha value is -3.44. The summed E-state index contributed by atoms with van der Waals surface area (Å²) in [5.41, 5.74) is 2.87. The molecular weight excluding hydrogens is 488 g/mol. The SMILES string of the molecule is Cc1ccc(C)c(OCCCOc2ccc(/C=C3/C(=N)N4C(=NC3=O)SN=C4S(C)(=O)=O)cc2)c1. The average Bonchev–Trinajstić information content (AvgIpc) is 3.24. The van der Waals surface area contributed by atoms with Gasteiger partial charge in [-0.05, 0) is 54.8 Å². The number of hydrogen-bond donors (Lipinski definition) is 1. The lowest BCUT2D eigenvalue weighted by molar-refractivity contribution is -0.114. The largest absolute Gasteiger partial charge is 0.493 e. The van der Waals surface area contributed by atoms with E-state index in [0.717, 1.165) is 40.0 Å². The van der Waals surface area contributed by atoms with E-state index in [4.69, 9.17) is 14.9 Å². The van der Waals surface area contributed by atoms with Gasteiger partial charge in [0.15, 0.2) is 0 Å². The van der Waals surface area contributed by atoms with E-state index in [9.17, 15) is 13.2 Å². The predicted octanol–water partition coefficient (Wildman–Crippen LogP) is 3.77. The van der Waals surface area contributed by atoms with Crippen molar-refractivity contribution in [1.82, 2.24) is 4.90 Å². The Morgan fingerprint density at radius 3 is 2.51 bits per heavy atom. The van der Waals surface area contributed by atoms with Gasteiger partial charge in [0.2, 0.25) is 20.2 Å². The third-order valence-corrected chi connectivity index (χ3v) is 6.93. The van der Waals surface area contributed by atoms with E-state index < -0.39 is 15.7 Å². The van der Waals surface area contributed by atoms with E-state index in [1.54, 1.807) is 24.3 Å². The molecule has 0 atom stereocenters. The van der Waals surface area contributed by atoms with Crippen molar-refractivity contribution in [2.75, 3.05) is 19.5 Å². The van der Waals surface area contributed by atoms with Gasteiger partial charge in [-0.25, -0.2) is 13.3 Å². The first-order valence-corrected chi connectivity index (χ1v) is 13.4. The maximum atomic E-state index is 12.4. The summed E-state index contributed by atoms with van der Waals surface area (Å²) in [6.07, 6.45) is 3.20. The van der Waals surface area contributed by atoms with Crippen molar-refractivity contribution >= 4 is 49.9 Å². The molecule has 0 aliphatic carbocycles. The van der Waals surface area contributed by atoms with E-state index in [-0.39, 0.29) is 21.7 Å². The summed E-state index contributed by atoms with van der Waals surface area (Å²) in [5, 5.41) is 8.13. The second-order valence-electron chi connectivity index (χ2n) is 8.07. The van der Waals surface area contributed by atoms with Gasteiger partial charge in [0.05, 0.1) is 30.7 Å². The molecule has 11 heteroatoms. The van der Waals surface area contributed by atoms with Crippen molar-refractivity contribution < 1.29 is 22.7 Å². The summed E-state index contributed by atoms with van der Waals surface area (Å²) >= 11 is 0.760. The van der Waals surface area contributed by atoms with Gasteiger partial charge in [0.25, 0.3) is 5.91 Å². The van der Waals surface area contributed by atoms with Gasteiger partial charge in [-0.3, -0.25) is 10.2 Å². The molecule has 0 radical (unpaired) electrons. The molecule has 0 bridgehead atoms. The fraction of sp³-hybridized carbons (Fsp3) is 0.250. The Labute approximate surface area is 208 Å². The molecule has 2 aromatic carbocycles. The molecule has 4 rings (SSSR count). The van der Waals surface area contributed by atoms with Crippen LogP contribution in [0.15, 0.2) is 57.4 Å². The monoisotopic (exact) mass is 512 g/mol. The van der Waals surface area contributed by atoms with Crippen LogP contribution < -0.4 is 9.47 Å². The lowest BCUT2D eigenvalue weighted by Gasteiger charge is -2.23. The van der Waals surface area contributed by atoms with Crippen LogP contribution in [0.5, 0.6) is 11.5 Å². The fourth-order valence-electron chi connectivity index (χ4n) is 3.36. The van der Waals surface area contributed by atoms with E-state index in [2.05, 4.69) is 15.5 Å². The zero-order valence-electron chi connectivity index (χ0n) is 19.4. The Kier molecular flexibility index (Phi) is 7.08. The maximum absolute atomic E-state index is 12.4. The number of amides is 1. The molecule has 35 heavy (non-hydrogen) atoms. The van der Waals surface area contributed by atoms with Crippen molar-refractivity contribution in [1.29, 1.82) is 5.41 Å². The highest BCUT2D eigenvalue weighted by atomic mass is 32.2. The number of nitrogens with one attached hydrogen (secondary N) is 1. The summed E-state index contributed by atoms with van der Waals surface area (Å²) in [6.45, 7) is 5.05. The number of ether oxygens (including phenoxy) is 2. The van der Waals surface area contributed by atoms with Gasteiger partial charge < -0.3 is 9.47 Å². The van der Waals surface area contributed by atoms with E-state index in [1.165, 1.54) is 6.08 Å². The van der Waals surface area contributed by atoms with Crippen molar-refractivity contribution in [2.24, 2.45) is 9.39 Å². The standard InChI is InChI=1S/C24H24N4O5S2/c1-15-5-6-16(2)20(13-15)33-12-4-11-32-18-9-7-17(8-10-18)14-19-21(25)28-23(26-22(19)29)34-27-24(28)35(3,30)31/h5-10,13-14,25H,4,11-12H2,1-3H3/b19-14-,25-21?. The second kappa shape index (κ2) is 10.0. The van der Waals surface area contributed by atoms with Crippen molar-refractivity contribution in [2.45, 2.75) is 20.3 Å². The summed E-state index contributed by atoms with van der Waals surface area (Å²) in [6, 6.07) is 13.1. The molecule has 9 nitrogen and oxygen atoms in total. The molecule has 0 fully saturated rings. The fourth-order valence-corrected chi connectivity index (χ4v) is 5.20. The first kappa shape index (κ1) is 24.7. The summed E-state index contributed by atoms with van der Waals surface area (Å²) in [4.78, 5) is 17.4. The molecule has 1 amide bonds. The van der Waals surface area contributed by atoms with Crippen LogP contribution in [0.3, 0.4) is 0 Å². The molecule has 0 aromatic heterocycles. The van der Waals surface area contributed by atoms with Gasteiger partial charge >= 0.3 is 0 Å². The number of fused-ring (bicyclic) bond motifs is 1. The number of carbonyl (C=O) groups is 1. The quantitative estimate of drug-likeness (QED) is 0.340. The smallest absolute Gasteiger partial charge is 0.283 e. The molecular formula is C24H24N4O5S2. The highest BCUT2D eigenvalue weighted by Gasteiger charge is 2.41. The van der Waals surface area contributed by atoms with Gasteiger partial charge in [-0.2, -0.15) is 9.39 Å². The summed E-state index contributed by atoms with van der Waals surface area (Å²) in [5.74, 6) is 0.636. The molecule has 2 aliphatic rings. The van der Waals surface area contributed by atoms with Gasteiger partial charge in [0, 0.05) is 12.7 Å². The minimum atomic E-state index is -3.69. The number of aliphatic imine (C=N–C) groups is 1. The number of carbonyl (C=O) groups excluding carboxylic acids is 1. The number of benzene rings is 2. The normalized spacial score (nSPS) is 16.8. The van der Waals surface area contributed by atoms with Crippen LogP contribution in [0.4, 0.5) is 0 Å². The van der Waals surface area contributed by atoms with E-state index in [0.29, 0.717) is 30.9 Å². The predicted molar refractivity (Wildman–Crippen MR) is 138 cm³/mol. The van der Waals surface area contributed by atoms with Crippen LogP contribution in [0.1, 0.15) is 23.1 Å². The molecule has 0 unspecified atom stereocenters. The number of nitrogens with zero attached hydrogens (tertiary/aromatic N) is 3. The molecule has 0 spiro atoms. The second-order valence-corrected chi connectivity index (χ2v) is 10.7. The van der Waals surface area contributed by atoms with Gasteiger partial charge in [-0.15, -0.1) is 0 Å². The topological polar surface area (TPSA) is 121 Å². The van der Waals surface area contributed by atoms with E-state index in [1.807, 2.05) is 26.0 Å². The summed E-state index contributed by atoms with van der Waals surface area (Å²) < 4.78 is 39.4. The zero-order valence-corrected chi connectivity index (χ0v) is 21.1. The maximum Gasteiger partial charge on any atom is 0.283 e. The van der Waals surface area contributed by atoms with Gasteiger partial charge in [-0.1, -0.05) is 24.3 Å². The van der Waals surface area contributed by atoms with Gasteiger partial charge in [0.1, 0.15) is 17.3 Å². The highest BCUT2D eigenvalue weighted by molar-refractivity contribution is 8.16. The molecule has 182 valence electrons. The zero-order chi connectivity index (χ0) is 25.2. The molecule has 2 aliphatic heterocycles.